The number of halogens is 1. The number of aromatic nitrogens is 1. The molecule has 2 aromatic carbocycles. The Morgan fingerprint density at radius 1 is 1.14 bits per heavy atom. The summed E-state index contributed by atoms with van der Waals surface area (Å²) in [5.74, 6) is 0.401. The van der Waals surface area contributed by atoms with Crippen LogP contribution in [-0.2, 0) is 4.74 Å². The molecule has 6 nitrogen and oxygen atoms in total. The predicted octanol–water partition coefficient (Wildman–Crippen LogP) is 5.65. The smallest absolute Gasteiger partial charge is 0.411 e. The van der Waals surface area contributed by atoms with Crippen molar-refractivity contribution in [1.82, 2.24) is 4.57 Å². The number of nitrogens with zero attached hydrogens (tertiary/aromatic N) is 1. The fraction of sp³-hybridized carbons (Fsp3) is 0.273. The Labute approximate surface area is 174 Å². The molecule has 0 saturated carbocycles. The number of anilines is 1. The summed E-state index contributed by atoms with van der Waals surface area (Å²) in [5, 5.41) is 4.03. The van der Waals surface area contributed by atoms with Crippen molar-refractivity contribution in [2.45, 2.75) is 26.7 Å². The van der Waals surface area contributed by atoms with Crippen molar-refractivity contribution >= 4 is 40.2 Å². The number of fused-ring (bicyclic) bond motifs is 1. The summed E-state index contributed by atoms with van der Waals surface area (Å²) in [6, 6.07) is 12.0. The van der Waals surface area contributed by atoms with E-state index in [1.165, 1.54) is 0 Å². The van der Waals surface area contributed by atoms with Crippen LogP contribution in [-0.4, -0.2) is 30.3 Å². The summed E-state index contributed by atoms with van der Waals surface area (Å²) in [6.45, 7) is 4.14. The second kappa shape index (κ2) is 9.01. The molecule has 0 radical (unpaired) electrons. The third-order valence-corrected chi connectivity index (χ3v) is 4.92. The molecule has 0 unspecified atom stereocenters. The number of rotatable bonds is 6. The van der Waals surface area contributed by atoms with Crippen LogP contribution < -0.4 is 10.1 Å². The number of nitrogens with one attached hydrogen (secondary N) is 1. The fourth-order valence-electron chi connectivity index (χ4n) is 3.11. The molecule has 0 aliphatic carbocycles. The highest BCUT2D eigenvalue weighted by Crippen LogP contribution is 2.34. The van der Waals surface area contributed by atoms with Gasteiger partial charge in [0.1, 0.15) is 5.75 Å². The van der Waals surface area contributed by atoms with Gasteiger partial charge in [-0.15, -0.1) is 0 Å². The molecule has 3 aromatic rings. The summed E-state index contributed by atoms with van der Waals surface area (Å²) in [5.41, 5.74) is 2.26. The van der Waals surface area contributed by atoms with Gasteiger partial charge in [-0.1, -0.05) is 24.9 Å². The maximum Gasteiger partial charge on any atom is 0.411 e. The molecule has 0 atom stereocenters. The van der Waals surface area contributed by atoms with Gasteiger partial charge in [0, 0.05) is 21.7 Å². The molecule has 29 heavy (non-hydrogen) atoms. The molecule has 1 amide bonds. The summed E-state index contributed by atoms with van der Waals surface area (Å²) in [6.07, 6.45) is 1.16. The minimum Gasteiger partial charge on any atom is -0.497 e. The van der Waals surface area contributed by atoms with Crippen molar-refractivity contribution in [1.29, 1.82) is 0 Å². The number of carbonyl (C=O) groups is 2. The van der Waals surface area contributed by atoms with E-state index in [4.69, 9.17) is 21.1 Å². The monoisotopic (exact) mass is 414 g/mol. The van der Waals surface area contributed by atoms with E-state index in [0.717, 1.165) is 12.8 Å². The van der Waals surface area contributed by atoms with E-state index in [1.807, 2.05) is 6.92 Å². The molecule has 0 aliphatic rings. The van der Waals surface area contributed by atoms with E-state index in [2.05, 4.69) is 5.32 Å². The molecule has 1 aromatic heterocycles. The van der Waals surface area contributed by atoms with Crippen LogP contribution in [0.4, 0.5) is 10.5 Å². The van der Waals surface area contributed by atoms with E-state index >= 15 is 0 Å². The second-order valence-electron chi connectivity index (χ2n) is 6.61. The molecule has 0 bridgehead atoms. The summed E-state index contributed by atoms with van der Waals surface area (Å²) in [7, 11) is 1.57. The van der Waals surface area contributed by atoms with Crippen molar-refractivity contribution in [3.63, 3.8) is 0 Å². The Balaban J connectivity index is 2.06. The highest BCUT2D eigenvalue weighted by Gasteiger charge is 2.22. The first-order valence-corrected chi connectivity index (χ1v) is 9.77. The van der Waals surface area contributed by atoms with Gasteiger partial charge in [0.25, 0.3) is 5.91 Å². The van der Waals surface area contributed by atoms with E-state index in [0.29, 0.717) is 45.2 Å². The molecule has 152 valence electrons. The third-order valence-electron chi connectivity index (χ3n) is 4.66. The molecular formula is C22H23ClN2O4. The average Bonchev–Trinajstić information content (AvgIpc) is 2.99. The highest BCUT2D eigenvalue weighted by atomic mass is 35.5. The number of methoxy groups -OCH3 is 1. The average molecular weight is 415 g/mol. The minimum atomic E-state index is -0.553. The highest BCUT2D eigenvalue weighted by molar-refractivity contribution is 6.30. The van der Waals surface area contributed by atoms with Crippen LogP contribution in [0.3, 0.4) is 0 Å². The van der Waals surface area contributed by atoms with Crippen LogP contribution in [0.15, 0.2) is 42.5 Å². The molecule has 0 saturated heterocycles. The van der Waals surface area contributed by atoms with Gasteiger partial charge in [-0.3, -0.25) is 14.7 Å². The lowest BCUT2D eigenvalue weighted by Gasteiger charge is -2.09. The van der Waals surface area contributed by atoms with Crippen molar-refractivity contribution in [2.24, 2.45) is 0 Å². The molecule has 0 aliphatic heterocycles. The summed E-state index contributed by atoms with van der Waals surface area (Å²) < 4.78 is 12.1. The van der Waals surface area contributed by atoms with Gasteiger partial charge in [0.05, 0.1) is 24.9 Å². The van der Waals surface area contributed by atoms with Crippen molar-refractivity contribution < 1.29 is 19.1 Å². The lowest BCUT2D eigenvalue weighted by molar-refractivity contribution is 0.0963. The maximum absolute atomic E-state index is 13.2. The van der Waals surface area contributed by atoms with E-state index in [-0.39, 0.29) is 5.91 Å². The van der Waals surface area contributed by atoms with E-state index in [9.17, 15) is 9.59 Å². The van der Waals surface area contributed by atoms with Crippen LogP contribution in [0.1, 0.15) is 35.8 Å². The Kier molecular flexibility index (Phi) is 6.44. The van der Waals surface area contributed by atoms with Gasteiger partial charge in [-0.2, -0.15) is 0 Å². The number of amides is 1. The maximum atomic E-state index is 13.2. The molecule has 7 heteroatoms. The van der Waals surface area contributed by atoms with E-state index < -0.39 is 6.09 Å². The van der Waals surface area contributed by atoms with Gasteiger partial charge < -0.3 is 9.47 Å². The van der Waals surface area contributed by atoms with Crippen LogP contribution in [0, 0.1) is 6.92 Å². The zero-order chi connectivity index (χ0) is 21.0. The van der Waals surface area contributed by atoms with Crippen molar-refractivity contribution in [3.8, 4) is 5.75 Å². The number of hydrogen-bond acceptors (Lipinski definition) is 4. The van der Waals surface area contributed by atoms with Gasteiger partial charge >= 0.3 is 6.09 Å². The number of hydrogen-bond donors (Lipinski definition) is 1. The SMILES string of the molecule is CCCCOC(=O)Nc1c(C)n(C(=O)c2ccc(Cl)cc2)c2ccc(OC)cc12. The number of ether oxygens (including phenoxy) is 2. The lowest BCUT2D eigenvalue weighted by atomic mass is 10.2. The van der Waals surface area contributed by atoms with Crippen molar-refractivity contribution in [3.05, 3.63) is 58.7 Å². The normalized spacial score (nSPS) is 10.8. The first kappa shape index (κ1) is 20.7. The van der Waals surface area contributed by atoms with Gasteiger partial charge in [-0.25, -0.2) is 4.79 Å². The Bertz CT molecular complexity index is 1040. The zero-order valence-electron chi connectivity index (χ0n) is 16.6. The van der Waals surface area contributed by atoms with Crippen LogP contribution in [0.2, 0.25) is 5.02 Å². The predicted molar refractivity (Wildman–Crippen MR) is 114 cm³/mol. The molecule has 3 rings (SSSR count). The number of unbranched alkanes of at least 4 members (excludes halogenated alkanes) is 1. The summed E-state index contributed by atoms with van der Waals surface area (Å²) >= 11 is 5.94. The van der Waals surface area contributed by atoms with Crippen LogP contribution in [0.5, 0.6) is 5.75 Å². The molecule has 0 fully saturated rings. The quantitative estimate of drug-likeness (QED) is 0.529. The largest absolute Gasteiger partial charge is 0.497 e. The molecule has 1 N–H and O–H groups in total. The Hall–Kier alpha value is -2.99. The topological polar surface area (TPSA) is 69.6 Å². The fourth-order valence-corrected chi connectivity index (χ4v) is 3.24. The first-order valence-electron chi connectivity index (χ1n) is 9.39. The van der Waals surface area contributed by atoms with Crippen molar-refractivity contribution in [2.75, 3.05) is 19.0 Å². The first-order chi connectivity index (χ1) is 14.0. The number of carbonyl (C=O) groups excluding carboxylic acids is 2. The zero-order valence-corrected chi connectivity index (χ0v) is 17.4. The minimum absolute atomic E-state index is 0.221. The van der Waals surface area contributed by atoms with Crippen LogP contribution >= 0.6 is 11.6 Å². The lowest BCUT2D eigenvalue weighted by Crippen LogP contribution is -2.16. The van der Waals surface area contributed by atoms with Gasteiger partial charge in [0.15, 0.2) is 0 Å². The standard InChI is InChI=1S/C22H23ClN2O4/c1-4-5-12-29-22(27)24-20-14(2)25(19-11-10-17(28-3)13-18(19)20)21(26)15-6-8-16(23)9-7-15/h6-11,13H,4-5,12H2,1-3H3,(H,24,27). The van der Waals surface area contributed by atoms with Crippen LogP contribution in [0.25, 0.3) is 10.9 Å². The van der Waals surface area contributed by atoms with Gasteiger partial charge in [-0.05, 0) is 55.8 Å². The molecule has 0 spiro atoms. The molecule has 1 heterocycles. The third kappa shape index (κ3) is 4.38. The van der Waals surface area contributed by atoms with Gasteiger partial charge in [0.2, 0.25) is 0 Å². The Morgan fingerprint density at radius 3 is 2.52 bits per heavy atom. The second-order valence-corrected chi connectivity index (χ2v) is 7.04. The summed E-state index contributed by atoms with van der Waals surface area (Å²) in [4.78, 5) is 25.5. The number of benzene rings is 2. The Morgan fingerprint density at radius 2 is 1.86 bits per heavy atom. The molecular weight excluding hydrogens is 392 g/mol. The van der Waals surface area contributed by atoms with E-state index in [1.54, 1.807) is 61.1 Å².